The summed E-state index contributed by atoms with van der Waals surface area (Å²) in [6, 6.07) is 22.6. The molecule has 0 fully saturated rings. The van der Waals surface area contributed by atoms with Gasteiger partial charge in [0.25, 0.3) is 0 Å². The fraction of sp³-hybridized carbons (Fsp3) is 0.712. The second-order valence-corrected chi connectivity index (χ2v) is 17.3. The molecule has 3 rings (SSSR count). The van der Waals surface area contributed by atoms with Crippen LogP contribution in [0.1, 0.15) is 236 Å². The lowest BCUT2D eigenvalue weighted by Crippen LogP contribution is -2.35. The lowest BCUT2D eigenvalue weighted by molar-refractivity contribution is 0.321. The molecular formula is C52H86N2. The van der Waals surface area contributed by atoms with Gasteiger partial charge in [-0.25, -0.2) is 4.98 Å². The van der Waals surface area contributed by atoms with Gasteiger partial charge in [-0.05, 0) is 30.4 Å². The van der Waals surface area contributed by atoms with Crippen molar-refractivity contribution in [2.24, 2.45) is 0 Å². The van der Waals surface area contributed by atoms with Gasteiger partial charge < -0.3 is 4.57 Å². The van der Waals surface area contributed by atoms with Crippen LogP contribution in [0.3, 0.4) is 0 Å². The molecule has 2 aromatic carbocycles. The number of nitrogens with zero attached hydrogens (tertiary/aromatic N) is 2. The zero-order valence-corrected chi connectivity index (χ0v) is 36.0. The fourth-order valence-electron chi connectivity index (χ4n) is 9.01. The topological polar surface area (TPSA) is 17.8 Å². The second kappa shape index (κ2) is 30.8. The van der Waals surface area contributed by atoms with Crippen LogP contribution in [0.15, 0.2) is 73.1 Å². The molecule has 0 saturated carbocycles. The third-order valence-electron chi connectivity index (χ3n) is 12.5. The first-order chi connectivity index (χ1) is 26.7. The molecule has 304 valence electrons. The molecule has 1 heterocycles. The highest BCUT2D eigenvalue weighted by Gasteiger charge is 2.39. The SMILES string of the molecule is CCCCCCCCCCCCCCCCCCn1ccnc1C(CCCCCCCCCCCCCCC)C(C)(Cc1ccccc1)c1ccccc1. The Hall–Kier alpha value is -2.35. The van der Waals surface area contributed by atoms with E-state index in [4.69, 9.17) is 4.98 Å². The zero-order chi connectivity index (χ0) is 38.2. The number of hydrogen-bond acceptors (Lipinski definition) is 1. The third kappa shape index (κ3) is 19.5. The molecule has 2 heteroatoms. The molecule has 0 radical (unpaired) electrons. The van der Waals surface area contributed by atoms with Crippen LogP contribution in [0.5, 0.6) is 0 Å². The van der Waals surface area contributed by atoms with E-state index < -0.39 is 0 Å². The lowest BCUT2D eigenvalue weighted by Gasteiger charge is -2.39. The van der Waals surface area contributed by atoms with E-state index >= 15 is 0 Å². The predicted molar refractivity (Wildman–Crippen MR) is 239 cm³/mol. The smallest absolute Gasteiger partial charge is 0.112 e. The van der Waals surface area contributed by atoms with E-state index in [0.29, 0.717) is 5.92 Å². The van der Waals surface area contributed by atoms with Crippen molar-refractivity contribution in [1.82, 2.24) is 9.55 Å². The molecule has 0 N–H and O–H groups in total. The van der Waals surface area contributed by atoms with E-state index in [-0.39, 0.29) is 5.41 Å². The fourth-order valence-corrected chi connectivity index (χ4v) is 9.01. The highest BCUT2D eigenvalue weighted by atomic mass is 15.1. The van der Waals surface area contributed by atoms with Gasteiger partial charge in [-0.2, -0.15) is 0 Å². The average Bonchev–Trinajstić information content (AvgIpc) is 3.66. The molecule has 1 aromatic heterocycles. The van der Waals surface area contributed by atoms with Crippen molar-refractivity contribution in [3.05, 3.63) is 90.0 Å². The average molecular weight is 739 g/mol. The first-order valence-corrected chi connectivity index (χ1v) is 23.8. The Bertz CT molecular complexity index is 1230. The van der Waals surface area contributed by atoms with Crippen molar-refractivity contribution in [3.63, 3.8) is 0 Å². The first-order valence-electron chi connectivity index (χ1n) is 23.8. The summed E-state index contributed by atoms with van der Waals surface area (Å²) in [7, 11) is 0. The normalized spacial score (nSPS) is 13.3. The Balaban J connectivity index is 1.48. The predicted octanol–water partition coefficient (Wildman–Crippen LogP) is 16.9. The zero-order valence-electron chi connectivity index (χ0n) is 36.0. The second-order valence-electron chi connectivity index (χ2n) is 17.3. The van der Waals surface area contributed by atoms with Crippen LogP contribution in [0.4, 0.5) is 0 Å². The maximum atomic E-state index is 5.18. The molecular weight excluding hydrogens is 653 g/mol. The highest BCUT2D eigenvalue weighted by molar-refractivity contribution is 5.33. The van der Waals surface area contributed by atoms with Gasteiger partial charge in [0.05, 0.1) is 0 Å². The van der Waals surface area contributed by atoms with E-state index in [1.54, 1.807) is 0 Å². The molecule has 0 bridgehead atoms. The van der Waals surface area contributed by atoms with Crippen LogP contribution in [0.2, 0.25) is 0 Å². The molecule has 0 spiro atoms. The summed E-state index contributed by atoms with van der Waals surface area (Å²) in [6.07, 6.45) is 47.4. The molecule has 2 unspecified atom stereocenters. The molecule has 2 nitrogen and oxygen atoms in total. The van der Waals surface area contributed by atoms with Gasteiger partial charge in [-0.1, -0.05) is 261 Å². The van der Waals surface area contributed by atoms with Gasteiger partial charge in [0.1, 0.15) is 5.82 Å². The van der Waals surface area contributed by atoms with E-state index in [9.17, 15) is 0 Å². The third-order valence-corrected chi connectivity index (χ3v) is 12.5. The highest BCUT2D eigenvalue weighted by Crippen LogP contribution is 2.44. The summed E-state index contributed by atoms with van der Waals surface area (Å²) >= 11 is 0. The van der Waals surface area contributed by atoms with Crippen LogP contribution in [0, 0.1) is 0 Å². The van der Waals surface area contributed by atoms with E-state index in [2.05, 4.69) is 98.4 Å². The molecule has 3 aromatic rings. The first kappa shape index (κ1) is 46.0. The molecule has 0 aliphatic rings. The number of imidazole rings is 1. The van der Waals surface area contributed by atoms with Crippen molar-refractivity contribution in [3.8, 4) is 0 Å². The quantitative estimate of drug-likeness (QED) is 0.0543. The Morgan fingerprint density at radius 3 is 1.31 bits per heavy atom. The number of aromatic nitrogens is 2. The van der Waals surface area contributed by atoms with Gasteiger partial charge in [0, 0.05) is 30.3 Å². The van der Waals surface area contributed by atoms with Gasteiger partial charge in [-0.3, -0.25) is 0 Å². The van der Waals surface area contributed by atoms with Crippen LogP contribution in [0.25, 0.3) is 0 Å². The van der Waals surface area contributed by atoms with Crippen molar-refractivity contribution in [1.29, 1.82) is 0 Å². The van der Waals surface area contributed by atoms with E-state index in [0.717, 1.165) is 13.0 Å². The van der Waals surface area contributed by atoms with Crippen LogP contribution < -0.4 is 0 Å². The van der Waals surface area contributed by atoms with E-state index in [1.807, 2.05) is 0 Å². The summed E-state index contributed by atoms with van der Waals surface area (Å²) in [4.78, 5) is 5.18. The summed E-state index contributed by atoms with van der Waals surface area (Å²) < 4.78 is 2.54. The van der Waals surface area contributed by atoms with Gasteiger partial charge in [0.15, 0.2) is 0 Å². The maximum Gasteiger partial charge on any atom is 0.112 e. The van der Waals surface area contributed by atoms with Gasteiger partial charge >= 0.3 is 0 Å². The summed E-state index contributed by atoms with van der Waals surface area (Å²) in [5, 5.41) is 0. The largest absolute Gasteiger partial charge is 0.335 e. The number of unbranched alkanes of at least 4 members (excludes halogenated alkanes) is 27. The van der Waals surface area contributed by atoms with Gasteiger partial charge in [-0.15, -0.1) is 0 Å². The Morgan fingerprint density at radius 1 is 0.481 bits per heavy atom. The molecule has 0 aliphatic heterocycles. The summed E-state index contributed by atoms with van der Waals surface area (Å²) in [6.45, 7) is 8.25. The molecule has 54 heavy (non-hydrogen) atoms. The molecule has 0 amide bonds. The summed E-state index contributed by atoms with van der Waals surface area (Å²) in [5.41, 5.74) is 2.85. The minimum atomic E-state index is -0.0303. The maximum absolute atomic E-state index is 5.18. The molecule has 0 aliphatic carbocycles. The van der Waals surface area contributed by atoms with Crippen molar-refractivity contribution in [2.45, 2.75) is 238 Å². The number of rotatable bonds is 36. The monoisotopic (exact) mass is 739 g/mol. The Morgan fingerprint density at radius 2 is 0.870 bits per heavy atom. The lowest BCUT2D eigenvalue weighted by atomic mass is 9.66. The van der Waals surface area contributed by atoms with Crippen molar-refractivity contribution >= 4 is 0 Å². The Kier molecular flexibility index (Phi) is 26.3. The van der Waals surface area contributed by atoms with Crippen LogP contribution >= 0.6 is 0 Å². The minimum absolute atomic E-state index is 0.0303. The van der Waals surface area contributed by atoms with Gasteiger partial charge in [0.2, 0.25) is 0 Å². The standard InChI is InChI=1S/C52H86N2/c1-4-6-8-10-12-14-16-18-19-20-22-24-26-28-30-38-45-54-46-44-53-51(54)50(43-37-29-27-25-23-21-17-15-13-11-9-7-5-2)52(3,49-41-35-32-36-42-49)47-48-39-33-31-34-40-48/h31-36,39-42,44,46,50H,4-30,37-38,43,45,47H2,1-3H3. The number of hydrogen-bond donors (Lipinski definition) is 0. The minimum Gasteiger partial charge on any atom is -0.335 e. The van der Waals surface area contributed by atoms with Crippen LogP contribution in [-0.2, 0) is 18.4 Å². The van der Waals surface area contributed by atoms with Crippen molar-refractivity contribution in [2.75, 3.05) is 0 Å². The molecule has 0 saturated heterocycles. The molecule has 2 atom stereocenters. The number of aryl methyl sites for hydroxylation is 1. The number of benzene rings is 2. The van der Waals surface area contributed by atoms with Crippen LogP contribution in [-0.4, -0.2) is 9.55 Å². The Labute approximate surface area is 336 Å². The van der Waals surface area contributed by atoms with E-state index in [1.165, 1.54) is 210 Å². The summed E-state index contributed by atoms with van der Waals surface area (Å²) in [5.74, 6) is 1.70. The van der Waals surface area contributed by atoms with Crippen molar-refractivity contribution < 1.29 is 0 Å².